The van der Waals surface area contributed by atoms with E-state index >= 15 is 0 Å². The minimum Gasteiger partial charge on any atom is -0.465 e. The number of ether oxygens (including phenoxy) is 1. The maximum Gasteiger partial charge on any atom is 0.411 e. The summed E-state index contributed by atoms with van der Waals surface area (Å²) in [5, 5.41) is 9.00. The van der Waals surface area contributed by atoms with Crippen LogP contribution in [0, 0.1) is 0 Å². The van der Waals surface area contributed by atoms with E-state index in [1.54, 1.807) is 18.5 Å². The number of hydrogen-bond donors (Lipinski definition) is 1. The van der Waals surface area contributed by atoms with Crippen molar-refractivity contribution in [1.82, 2.24) is 4.90 Å². The van der Waals surface area contributed by atoms with Crippen LogP contribution >= 0.6 is 0 Å². The molecule has 5 heteroatoms. The molecule has 0 aromatic heterocycles. The predicted octanol–water partition coefficient (Wildman–Crippen LogP) is 2.23. The molecule has 1 N–H and O–H groups in total. The third-order valence-electron chi connectivity index (χ3n) is 3.00. The van der Waals surface area contributed by atoms with Gasteiger partial charge in [0.1, 0.15) is 5.75 Å². The average molecular weight is 244 g/mol. The summed E-state index contributed by atoms with van der Waals surface area (Å²) in [5.41, 5.74) is 1.77. The Balaban J connectivity index is 2.04. The van der Waals surface area contributed by atoms with Gasteiger partial charge in [0.25, 0.3) is 0 Å². The second-order valence-electron chi connectivity index (χ2n) is 4.07. The van der Waals surface area contributed by atoms with Crippen LogP contribution in [-0.4, -0.2) is 29.2 Å². The van der Waals surface area contributed by atoms with E-state index in [0.717, 1.165) is 17.1 Å². The van der Waals surface area contributed by atoms with E-state index in [0.29, 0.717) is 13.1 Å². The number of para-hydroxylation sites is 2. The first-order valence-corrected chi connectivity index (χ1v) is 5.67. The molecule has 0 atom stereocenters. The Labute approximate surface area is 104 Å². The van der Waals surface area contributed by atoms with E-state index < -0.39 is 6.09 Å². The number of nitrogens with zero attached hydrogens (tertiary/aromatic N) is 2. The smallest absolute Gasteiger partial charge is 0.411 e. The fourth-order valence-electron chi connectivity index (χ4n) is 2.13. The second-order valence-corrected chi connectivity index (χ2v) is 4.07. The highest BCUT2D eigenvalue weighted by atomic mass is 16.5. The third kappa shape index (κ3) is 1.69. The highest BCUT2D eigenvalue weighted by molar-refractivity contribution is 5.70. The van der Waals surface area contributed by atoms with Crippen LogP contribution in [0.5, 0.6) is 5.75 Å². The van der Waals surface area contributed by atoms with Crippen LogP contribution in [-0.2, 0) is 0 Å². The van der Waals surface area contributed by atoms with Gasteiger partial charge >= 0.3 is 6.09 Å². The molecule has 0 saturated heterocycles. The summed E-state index contributed by atoms with van der Waals surface area (Å²) in [6.07, 6.45) is 4.04. The van der Waals surface area contributed by atoms with E-state index in [1.165, 1.54) is 4.90 Å². The molecule has 0 fully saturated rings. The van der Waals surface area contributed by atoms with E-state index in [9.17, 15) is 4.79 Å². The van der Waals surface area contributed by atoms with Gasteiger partial charge in [0.2, 0.25) is 0 Å². The number of carbonyl (C=O) groups is 1. The lowest BCUT2D eigenvalue weighted by Crippen LogP contribution is -2.40. The third-order valence-corrected chi connectivity index (χ3v) is 3.00. The van der Waals surface area contributed by atoms with Crippen molar-refractivity contribution < 1.29 is 14.6 Å². The summed E-state index contributed by atoms with van der Waals surface area (Å²) in [6.45, 7) is 1.06. The first-order chi connectivity index (χ1) is 8.75. The SMILES string of the molecule is O=C(O)N1C=C2C=COc3ccccc3N2CC1. The number of amides is 1. The molecule has 0 spiro atoms. The van der Waals surface area contributed by atoms with Crippen LogP contribution in [0.1, 0.15) is 0 Å². The Hall–Kier alpha value is -2.43. The summed E-state index contributed by atoms with van der Waals surface area (Å²) in [7, 11) is 0. The van der Waals surface area contributed by atoms with E-state index in [4.69, 9.17) is 9.84 Å². The fourth-order valence-corrected chi connectivity index (χ4v) is 2.13. The number of hydrogen-bond acceptors (Lipinski definition) is 3. The first-order valence-electron chi connectivity index (χ1n) is 5.67. The average Bonchev–Trinajstić information content (AvgIpc) is 2.57. The molecule has 18 heavy (non-hydrogen) atoms. The van der Waals surface area contributed by atoms with Crippen molar-refractivity contribution in [3.8, 4) is 5.75 Å². The predicted molar refractivity (Wildman–Crippen MR) is 66.4 cm³/mol. The van der Waals surface area contributed by atoms with Crippen molar-refractivity contribution in [2.75, 3.05) is 18.0 Å². The molecule has 5 nitrogen and oxygen atoms in total. The van der Waals surface area contributed by atoms with Gasteiger partial charge in [-0.05, 0) is 18.2 Å². The first kappa shape index (κ1) is 10.7. The molecule has 1 aromatic rings. The van der Waals surface area contributed by atoms with Gasteiger partial charge in [-0.25, -0.2) is 4.79 Å². The molecular weight excluding hydrogens is 232 g/mol. The topological polar surface area (TPSA) is 53.0 Å². The van der Waals surface area contributed by atoms with E-state index in [-0.39, 0.29) is 0 Å². The molecular formula is C13H12N2O3. The quantitative estimate of drug-likeness (QED) is 0.760. The number of anilines is 1. The zero-order chi connectivity index (χ0) is 12.5. The Kier molecular flexibility index (Phi) is 2.44. The zero-order valence-corrected chi connectivity index (χ0v) is 9.61. The van der Waals surface area contributed by atoms with Crippen molar-refractivity contribution in [2.24, 2.45) is 0 Å². The number of benzene rings is 1. The molecule has 1 aromatic carbocycles. The van der Waals surface area contributed by atoms with Crippen LogP contribution in [0.15, 0.2) is 48.5 Å². The molecule has 2 heterocycles. The molecule has 0 unspecified atom stereocenters. The van der Waals surface area contributed by atoms with Crippen molar-refractivity contribution in [2.45, 2.75) is 0 Å². The summed E-state index contributed by atoms with van der Waals surface area (Å²) in [6, 6.07) is 7.71. The number of carboxylic acid groups (broad SMARTS) is 1. The number of allylic oxidation sites excluding steroid dienone is 1. The Bertz CT molecular complexity index is 551. The van der Waals surface area contributed by atoms with Crippen molar-refractivity contribution >= 4 is 11.8 Å². The molecule has 2 aliphatic rings. The number of rotatable bonds is 0. The van der Waals surface area contributed by atoms with E-state index in [2.05, 4.69) is 4.90 Å². The van der Waals surface area contributed by atoms with Crippen molar-refractivity contribution in [1.29, 1.82) is 0 Å². The highest BCUT2D eigenvalue weighted by Gasteiger charge is 2.24. The molecule has 2 aliphatic heterocycles. The maximum absolute atomic E-state index is 11.0. The highest BCUT2D eigenvalue weighted by Crippen LogP contribution is 2.34. The Morgan fingerprint density at radius 2 is 2.11 bits per heavy atom. The fraction of sp³-hybridized carbons (Fsp3) is 0.154. The molecule has 0 saturated carbocycles. The summed E-state index contributed by atoms with van der Waals surface area (Å²) >= 11 is 0. The summed E-state index contributed by atoms with van der Waals surface area (Å²) < 4.78 is 5.51. The Morgan fingerprint density at radius 3 is 2.94 bits per heavy atom. The molecule has 3 rings (SSSR count). The lowest BCUT2D eigenvalue weighted by atomic mass is 10.2. The van der Waals surface area contributed by atoms with Gasteiger partial charge in [-0.2, -0.15) is 0 Å². The van der Waals surface area contributed by atoms with Gasteiger partial charge in [-0.3, -0.25) is 4.90 Å². The van der Waals surface area contributed by atoms with Gasteiger partial charge < -0.3 is 14.7 Å². The standard InChI is InChI=1S/C13H12N2O3/c16-13(17)14-6-7-15-10(9-14)5-8-18-12-4-2-1-3-11(12)15/h1-5,8-9H,6-7H2,(H,16,17). The summed E-state index contributed by atoms with van der Waals surface area (Å²) in [5.74, 6) is 0.779. The minimum atomic E-state index is -0.936. The van der Waals surface area contributed by atoms with Gasteiger partial charge in [0.15, 0.2) is 0 Å². The normalized spacial score (nSPS) is 17.2. The molecule has 0 radical (unpaired) electrons. The van der Waals surface area contributed by atoms with Crippen molar-refractivity contribution in [3.05, 3.63) is 48.5 Å². The molecule has 1 amide bonds. The van der Waals surface area contributed by atoms with Crippen LogP contribution in [0.25, 0.3) is 0 Å². The second kappa shape index (κ2) is 4.10. The lowest BCUT2D eigenvalue weighted by molar-refractivity contribution is 0.162. The lowest BCUT2D eigenvalue weighted by Gasteiger charge is -2.32. The molecule has 0 bridgehead atoms. The summed E-state index contributed by atoms with van der Waals surface area (Å²) in [4.78, 5) is 14.3. The Morgan fingerprint density at radius 1 is 1.28 bits per heavy atom. The van der Waals surface area contributed by atoms with E-state index in [1.807, 2.05) is 24.3 Å². The van der Waals surface area contributed by atoms with Crippen LogP contribution in [0.2, 0.25) is 0 Å². The maximum atomic E-state index is 11.0. The van der Waals surface area contributed by atoms with Crippen LogP contribution < -0.4 is 9.64 Å². The van der Waals surface area contributed by atoms with Crippen LogP contribution in [0.3, 0.4) is 0 Å². The largest absolute Gasteiger partial charge is 0.465 e. The van der Waals surface area contributed by atoms with Crippen molar-refractivity contribution in [3.63, 3.8) is 0 Å². The van der Waals surface area contributed by atoms with Gasteiger partial charge in [-0.15, -0.1) is 0 Å². The number of fused-ring (bicyclic) bond motifs is 3. The van der Waals surface area contributed by atoms with Gasteiger partial charge in [0, 0.05) is 19.3 Å². The van der Waals surface area contributed by atoms with Gasteiger partial charge in [0.05, 0.1) is 17.6 Å². The molecule has 92 valence electrons. The van der Waals surface area contributed by atoms with Gasteiger partial charge in [-0.1, -0.05) is 12.1 Å². The van der Waals surface area contributed by atoms with Crippen LogP contribution in [0.4, 0.5) is 10.5 Å². The molecule has 0 aliphatic carbocycles. The minimum absolute atomic E-state index is 0.445. The zero-order valence-electron chi connectivity index (χ0n) is 9.61. The monoisotopic (exact) mass is 244 g/mol.